The van der Waals surface area contributed by atoms with Crippen molar-refractivity contribution >= 4 is 17.8 Å². The van der Waals surface area contributed by atoms with E-state index in [2.05, 4.69) is 15.3 Å². The summed E-state index contributed by atoms with van der Waals surface area (Å²) in [5.74, 6) is 0.355. The molecule has 170 valence electrons. The molecule has 0 bridgehead atoms. The third-order valence-electron chi connectivity index (χ3n) is 6.52. The molecule has 2 amide bonds. The van der Waals surface area contributed by atoms with E-state index in [9.17, 15) is 14.0 Å². The van der Waals surface area contributed by atoms with Gasteiger partial charge in [-0.1, -0.05) is 18.2 Å². The van der Waals surface area contributed by atoms with Gasteiger partial charge in [0.05, 0.1) is 6.20 Å². The van der Waals surface area contributed by atoms with Crippen molar-refractivity contribution in [1.82, 2.24) is 19.8 Å². The summed E-state index contributed by atoms with van der Waals surface area (Å²) >= 11 is 0. The number of aromatic nitrogens is 2. The molecule has 0 radical (unpaired) electrons. The van der Waals surface area contributed by atoms with Gasteiger partial charge in [-0.15, -0.1) is 0 Å². The van der Waals surface area contributed by atoms with E-state index in [-0.39, 0.29) is 29.5 Å². The van der Waals surface area contributed by atoms with Crippen molar-refractivity contribution in [3.05, 3.63) is 41.8 Å². The summed E-state index contributed by atoms with van der Waals surface area (Å²) < 4.78 is 14.7. The van der Waals surface area contributed by atoms with Gasteiger partial charge in [0, 0.05) is 57.5 Å². The minimum Gasteiger partial charge on any atom is -0.351 e. The second-order valence-electron chi connectivity index (χ2n) is 8.74. The zero-order valence-electron chi connectivity index (χ0n) is 18.7. The Kier molecular flexibility index (Phi) is 6.67. The topological polar surface area (TPSA) is 78.4 Å². The van der Waals surface area contributed by atoms with E-state index in [1.54, 1.807) is 13.8 Å². The molecule has 0 saturated carbocycles. The number of likely N-dealkylation sites (tertiary alicyclic amines) is 2. The number of amides is 2. The van der Waals surface area contributed by atoms with Crippen LogP contribution in [0, 0.1) is 5.82 Å². The van der Waals surface area contributed by atoms with E-state index in [1.807, 2.05) is 34.1 Å². The number of nitrogens with one attached hydrogen (secondary N) is 1. The largest absolute Gasteiger partial charge is 0.351 e. The average molecular weight is 440 g/mol. The third-order valence-corrected chi connectivity index (χ3v) is 6.52. The van der Waals surface area contributed by atoms with Crippen LogP contribution in [-0.4, -0.2) is 63.8 Å². The monoisotopic (exact) mass is 439 g/mol. The maximum atomic E-state index is 14.7. The normalized spacial score (nSPS) is 19.7. The third kappa shape index (κ3) is 5.06. The first-order valence-electron chi connectivity index (χ1n) is 11.3. The van der Waals surface area contributed by atoms with Gasteiger partial charge in [0.2, 0.25) is 17.8 Å². The lowest BCUT2D eigenvalue weighted by Crippen LogP contribution is -2.41. The van der Waals surface area contributed by atoms with Crippen LogP contribution in [0.2, 0.25) is 0 Å². The fourth-order valence-corrected chi connectivity index (χ4v) is 4.64. The number of nitrogens with zero attached hydrogens (tertiary/aromatic N) is 4. The number of carbonyl (C=O) groups is 2. The number of piperidine rings is 2. The Hall–Kier alpha value is -3.03. The smallest absolute Gasteiger partial charge is 0.223 e. The van der Waals surface area contributed by atoms with Crippen molar-refractivity contribution in [3.8, 4) is 11.3 Å². The number of anilines is 1. The average Bonchev–Trinajstić information content (AvgIpc) is 2.81. The Labute approximate surface area is 188 Å². The van der Waals surface area contributed by atoms with Crippen LogP contribution in [0.3, 0.4) is 0 Å². The first-order chi connectivity index (χ1) is 15.4. The Morgan fingerprint density at radius 1 is 1.06 bits per heavy atom. The number of hydrogen-bond acceptors (Lipinski definition) is 5. The van der Waals surface area contributed by atoms with Gasteiger partial charge in [0.15, 0.2) is 5.82 Å². The minimum absolute atomic E-state index is 0.0908. The summed E-state index contributed by atoms with van der Waals surface area (Å²) in [5, 5.41) is 3.30. The fraction of sp³-hybridized carbons (Fsp3) is 0.500. The van der Waals surface area contributed by atoms with Crippen molar-refractivity contribution in [1.29, 1.82) is 0 Å². The molecule has 4 rings (SSSR count). The fourth-order valence-electron chi connectivity index (χ4n) is 4.64. The number of halogens is 1. The molecule has 0 aliphatic carbocycles. The molecular weight excluding hydrogens is 409 g/mol. The molecule has 32 heavy (non-hydrogen) atoms. The van der Waals surface area contributed by atoms with Gasteiger partial charge < -0.3 is 15.1 Å². The SMILES string of the molecule is CC(=O)N1CCC(Nc2ncc(F)c(-c3cccc(C4CCCN(C(C)=O)C4)c3)n2)CC1. The lowest BCUT2D eigenvalue weighted by molar-refractivity contribution is -0.130. The van der Waals surface area contributed by atoms with Gasteiger partial charge >= 0.3 is 0 Å². The number of hydrogen-bond donors (Lipinski definition) is 1. The summed E-state index contributed by atoms with van der Waals surface area (Å²) in [6.07, 6.45) is 4.79. The van der Waals surface area contributed by atoms with Gasteiger partial charge in [-0.25, -0.2) is 14.4 Å². The maximum absolute atomic E-state index is 14.7. The highest BCUT2D eigenvalue weighted by Gasteiger charge is 2.24. The van der Waals surface area contributed by atoms with Crippen LogP contribution >= 0.6 is 0 Å². The molecule has 7 nitrogen and oxygen atoms in total. The second-order valence-corrected chi connectivity index (χ2v) is 8.74. The number of benzene rings is 1. The number of rotatable bonds is 4. The lowest BCUT2D eigenvalue weighted by atomic mass is 9.89. The molecule has 2 fully saturated rings. The highest BCUT2D eigenvalue weighted by atomic mass is 19.1. The van der Waals surface area contributed by atoms with Gasteiger partial charge in [-0.05, 0) is 37.3 Å². The molecule has 1 aromatic carbocycles. The van der Waals surface area contributed by atoms with Crippen molar-refractivity contribution in [2.45, 2.75) is 51.5 Å². The van der Waals surface area contributed by atoms with E-state index in [4.69, 9.17) is 0 Å². The van der Waals surface area contributed by atoms with Crippen LogP contribution in [-0.2, 0) is 9.59 Å². The quantitative estimate of drug-likeness (QED) is 0.790. The van der Waals surface area contributed by atoms with Gasteiger partial charge in [-0.2, -0.15) is 0 Å². The molecule has 3 heterocycles. The first-order valence-corrected chi connectivity index (χ1v) is 11.3. The lowest BCUT2D eigenvalue weighted by Gasteiger charge is -2.32. The van der Waals surface area contributed by atoms with E-state index >= 15 is 0 Å². The van der Waals surface area contributed by atoms with Crippen LogP contribution in [0.4, 0.5) is 10.3 Å². The summed E-state index contributed by atoms with van der Waals surface area (Å²) in [6, 6.07) is 7.95. The molecular formula is C24H30FN5O2. The van der Waals surface area contributed by atoms with Crippen molar-refractivity contribution in [2.75, 3.05) is 31.5 Å². The predicted octanol–water partition coefficient (Wildman–Crippen LogP) is 3.43. The Morgan fingerprint density at radius 2 is 1.81 bits per heavy atom. The maximum Gasteiger partial charge on any atom is 0.223 e. The van der Waals surface area contributed by atoms with Gasteiger partial charge in [0.1, 0.15) is 5.69 Å². The number of carbonyl (C=O) groups excluding carboxylic acids is 2. The highest BCUT2D eigenvalue weighted by Crippen LogP contribution is 2.31. The summed E-state index contributed by atoms with van der Waals surface area (Å²) in [7, 11) is 0. The second kappa shape index (κ2) is 9.63. The van der Waals surface area contributed by atoms with Gasteiger partial charge in [-0.3, -0.25) is 9.59 Å². The van der Waals surface area contributed by atoms with Crippen LogP contribution in [0.25, 0.3) is 11.3 Å². The summed E-state index contributed by atoms with van der Waals surface area (Å²) in [6.45, 7) is 6.07. The van der Waals surface area contributed by atoms with Crippen molar-refractivity contribution < 1.29 is 14.0 Å². The molecule has 2 aromatic rings. The molecule has 1 atom stereocenters. The van der Waals surface area contributed by atoms with Crippen LogP contribution in [0.15, 0.2) is 30.5 Å². The van der Waals surface area contributed by atoms with Crippen LogP contribution in [0.5, 0.6) is 0 Å². The van der Waals surface area contributed by atoms with Crippen molar-refractivity contribution in [3.63, 3.8) is 0 Å². The van der Waals surface area contributed by atoms with Crippen molar-refractivity contribution in [2.24, 2.45) is 0 Å². The van der Waals surface area contributed by atoms with E-state index < -0.39 is 5.82 Å². The van der Waals surface area contributed by atoms with E-state index in [0.29, 0.717) is 31.1 Å². The minimum atomic E-state index is -0.465. The molecule has 0 spiro atoms. The van der Waals surface area contributed by atoms with E-state index in [0.717, 1.165) is 37.8 Å². The molecule has 1 N–H and O–H groups in total. The summed E-state index contributed by atoms with van der Waals surface area (Å²) in [4.78, 5) is 35.6. The highest BCUT2D eigenvalue weighted by molar-refractivity contribution is 5.73. The van der Waals surface area contributed by atoms with Gasteiger partial charge in [0.25, 0.3) is 0 Å². The first kappa shape index (κ1) is 22.2. The molecule has 2 aliphatic heterocycles. The predicted molar refractivity (Wildman–Crippen MR) is 121 cm³/mol. The zero-order chi connectivity index (χ0) is 22.7. The van der Waals surface area contributed by atoms with Crippen LogP contribution < -0.4 is 5.32 Å². The Morgan fingerprint density at radius 3 is 2.53 bits per heavy atom. The Balaban J connectivity index is 1.50. The summed E-state index contributed by atoms with van der Waals surface area (Å²) in [5.41, 5.74) is 2.07. The standard InChI is InChI=1S/C24H30FN5O2/c1-16(31)29-11-8-21(9-12-29)27-24-26-14-22(25)23(28-24)19-6-3-5-18(13-19)20-7-4-10-30(15-20)17(2)32/h3,5-6,13-14,20-21H,4,7-12,15H2,1-2H3,(H,26,27,28). The van der Waals surface area contributed by atoms with E-state index in [1.165, 1.54) is 6.20 Å². The van der Waals surface area contributed by atoms with Crippen LogP contribution in [0.1, 0.15) is 51.0 Å². The molecule has 2 saturated heterocycles. The Bertz CT molecular complexity index is 990. The molecule has 2 aliphatic rings. The molecule has 8 heteroatoms. The molecule has 1 aromatic heterocycles. The molecule has 1 unspecified atom stereocenters. The zero-order valence-corrected chi connectivity index (χ0v) is 18.7.